The van der Waals surface area contributed by atoms with Crippen LogP contribution in [0.15, 0.2) is 12.7 Å². The maximum atomic E-state index is 10.4. The molecule has 2 aliphatic heterocycles. The molecule has 232 valence electrons. The van der Waals surface area contributed by atoms with Crippen molar-refractivity contribution >= 4 is 45.9 Å². The van der Waals surface area contributed by atoms with Crippen molar-refractivity contribution in [3.8, 4) is 0 Å². The van der Waals surface area contributed by atoms with Gasteiger partial charge in [0, 0.05) is 13.1 Å². The van der Waals surface area contributed by atoms with E-state index in [1.165, 1.54) is 21.8 Å². The molecule has 0 bridgehead atoms. The van der Waals surface area contributed by atoms with Gasteiger partial charge in [0.15, 0.2) is 46.4 Å². The van der Waals surface area contributed by atoms with Gasteiger partial charge in [-0.2, -0.15) is 19.9 Å². The third-order valence-corrected chi connectivity index (χ3v) is 7.40. The van der Waals surface area contributed by atoms with Crippen LogP contribution in [-0.4, -0.2) is 133 Å². The first kappa shape index (κ1) is 29.1. The van der Waals surface area contributed by atoms with E-state index in [0.29, 0.717) is 42.2 Å². The van der Waals surface area contributed by atoms with Crippen molar-refractivity contribution in [2.24, 2.45) is 0 Å². The topological polar surface area (TPSA) is 303 Å². The second-order valence-corrected chi connectivity index (χ2v) is 10.2. The van der Waals surface area contributed by atoms with Gasteiger partial charge in [-0.3, -0.25) is 9.13 Å². The highest BCUT2D eigenvalue weighted by Crippen LogP contribution is 2.34. The van der Waals surface area contributed by atoms with Crippen molar-refractivity contribution in [3.63, 3.8) is 0 Å². The lowest BCUT2D eigenvalue weighted by atomic mass is 10.1. The lowest BCUT2D eigenvalue weighted by molar-refractivity contribution is -0.0511. The first-order chi connectivity index (χ1) is 20.7. The molecule has 0 aliphatic carbocycles. The van der Waals surface area contributed by atoms with Gasteiger partial charge in [-0.25, -0.2) is 9.97 Å². The Morgan fingerprint density at radius 1 is 0.674 bits per heavy atom. The summed E-state index contributed by atoms with van der Waals surface area (Å²) in [5, 5.41) is 66.2. The highest BCUT2D eigenvalue weighted by molar-refractivity contribution is 5.85. The van der Waals surface area contributed by atoms with Gasteiger partial charge in [0.2, 0.25) is 11.9 Å². The molecule has 2 aliphatic rings. The number of fused-ring (bicyclic) bond motifs is 2. The summed E-state index contributed by atoms with van der Waals surface area (Å²) in [4.78, 5) is 25.5. The molecule has 8 atom stereocenters. The number of imidazole rings is 2. The molecule has 0 saturated carbocycles. The summed E-state index contributed by atoms with van der Waals surface area (Å²) in [6, 6.07) is 0. The van der Waals surface area contributed by atoms with E-state index in [4.69, 9.17) is 20.9 Å². The van der Waals surface area contributed by atoms with Crippen LogP contribution in [0.25, 0.3) is 22.3 Å². The number of aliphatic hydroxyl groups excluding tert-OH is 6. The molecule has 4 aromatic heterocycles. The second kappa shape index (κ2) is 11.6. The molecule has 0 radical (unpaired) electrons. The summed E-state index contributed by atoms with van der Waals surface area (Å²) < 4.78 is 14.0. The van der Waals surface area contributed by atoms with Gasteiger partial charge in [0.25, 0.3) is 0 Å². The number of aromatic nitrogens is 8. The number of nitrogens with one attached hydrogen (secondary N) is 2. The Kier molecular flexibility index (Phi) is 7.83. The summed E-state index contributed by atoms with van der Waals surface area (Å²) in [6.45, 7) is -0.108. The number of nitrogens with zero attached hydrogens (tertiary/aromatic N) is 8. The van der Waals surface area contributed by atoms with Crippen LogP contribution < -0.4 is 22.1 Å². The predicted molar refractivity (Wildman–Crippen MR) is 147 cm³/mol. The van der Waals surface area contributed by atoms with Crippen LogP contribution in [0.1, 0.15) is 18.9 Å². The molecule has 43 heavy (non-hydrogen) atoms. The van der Waals surface area contributed by atoms with Gasteiger partial charge in [-0.05, 0) is 6.42 Å². The average Bonchev–Trinajstić information content (AvgIpc) is 3.74. The molecule has 4 aromatic rings. The Hall–Kier alpha value is -4.02. The summed E-state index contributed by atoms with van der Waals surface area (Å²) >= 11 is 0. The highest BCUT2D eigenvalue weighted by Gasteiger charge is 2.45. The molecule has 2 saturated heterocycles. The van der Waals surface area contributed by atoms with Crippen LogP contribution in [0.5, 0.6) is 0 Å². The molecular formula is C23H32N12O8. The Morgan fingerprint density at radius 2 is 1.09 bits per heavy atom. The van der Waals surface area contributed by atoms with Crippen LogP contribution >= 0.6 is 0 Å². The summed E-state index contributed by atoms with van der Waals surface area (Å²) in [5.74, 6) is 0.591. The van der Waals surface area contributed by atoms with E-state index in [1.807, 2.05) is 0 Å². The van der Waals surface area contributed by atoms with Crippen molar-refractivity contribution in [2.75, 3.05) is 48.4 Å². The van der Waals surface area contributed by atoms with Gasteiger partial charge in [0.05, 0.1) is 25.9 Å². The quantitative estimate of drug-likeness (QED) is 0.0777. The van der Waals surface area contributed by atoms with E-state index in [9.17, 15) is 30.6 Å². The van der Waals surface area contributed by atoms with E-state index < -0.39 is 62.3 Å². The standard InChI is InChI=1S/C23H32N12O8/c24-22-30-16(10-18(32-22)34(6-28-10)20-14(40)12(38)8(4-36)42-20)26-2-1-3-27-17-11-19(33-23(25)31-17)35(7-29-11)21-15(41)13(39)9(5-37)43-21/h6-9,12-15,20-21,36-41H,1-5H2,(H3,24,26,30,32)(H3,25,27,31,33)/t8-,9+,12+,13-,14?,15?,20-,21+. The number of hydrogen-bond donors (Lipinski definition) is 10. The minimum Gasteiger partial charge on any atom is -0.394 e. The van der Waals surface area contributed by atoms with Crippen molar-refractivity contribution in [1.82, 2.24) is 39.0 Å². The minimum absolute atomic E-state index is 0.0507. The SMILES string of the molecule is Nc1nc(NCCCNc2nc(N)nc3c2ncn3[C@H]2O[C@@H](CO)[C@@H](O)C2O)c2ncn([C@@H]3O[C@H](CO)[C@H](O)C3O)c2n1. The minimum atomic E-state index is -1.32. The Labute approximate surface area is 242 Å². The van der Waals surface area contributed by atoms with Gasteiger partial charge in [-0.1, -0.05) is 0 Å². The third kappa shape index (κ3) is 5.12. The molecule has 0 spiro atoms. The average molecular weight is 605 g/mol. The number of aliphatic hydroxyl groups is 6. The fourth-order valence-corrected chi connectivity index (χ4v) is 5.21. The van der Waals surface area contributed by atoms with E-state index in [-0.39, 0.29) is 23.2 Å². The smallest absolute Gasteiger partial charge is 0.224 e. The monoisotopic (exact) mass is 604 g/mol. The Bertz CT molecular complexity index is 1490. The predicted octanol–water partition coefficient (Wildman–Crippen LogP) is -3.73. The molecule has 0 amide bonds. The molecule has 6 heterocycles. The molecule has 20 heteroatoms. The van der Waals surface area contributed by atoms with Crippen LogP contribution in [-0.2, 0) is 9.47 Å². The molecular weight excluding hydrogens is 572 g/mol. The van der Waals surface area contributed by atoms with Gasteiger partial charge < -0.3 is 62.2 Å². The van der Waals surface area contributed by atoms with E-state index in [1.54, 1.807) is 0 Å². The number of hydrogen-bond acceptors (Lipinski definition) is 18. The van der Waals surface area contributed by atoms with Gasteiger partial charge in [0.1, 0.15) is 36.6 Å². The normalized spacial score (nSPS) is 29.2. The summed E-state index contributed by atoms with van der Waals surface area (Å²) in [7, 11) is 0. The number of nitrogens with two attached hydrogens (primary N) is 2. The number of rotatable bonds is 10. The number of nitrogen functional groups attached to an aromatic ring is 2. The highest BCUT2D eigenvalue weighted by atomic mass is 16.6. The fourth-order valence-electron chi connectivity index (χ4n) is 5.21. The van der Waals surface area contributed by atoms with Crippen LogP contribution in [0.2, 0.25) is 0 Å². The zero-order valence-corrected chi connectivity index (χ0v) is 22.5. The van der Waals surface area contributed by atoms with Crippen LogP contribution in [0.3, 0.4) is 0 Å². The maximum Gasteiger partial charge on any atom is 0.224 e. The molecule has 20 nitrogen and oxygen atoms in total. The number of anilines is 4. The zero-order valence-electron chi connectivity index (χ0n) is 22.5. The van der Waals surface area contributed by atoms with Crippen molar-refractivity contribution in [1.29, 1.82) is 0 Å². The third-order valence-electron chi connectivity index (χ3n) is 7.40. The Balaban J connectivity index is 1.12. The number of ether oxygens (including phenoxy) is 2. The summed E-state index contributed by atoms with van der Waals surface area (Å²) in [6.07, 6.45) is -5.87. The van der Waals surface area contributed by atoms with Gasteiger partial charge >= 0.3 is 0 Å². The maximum absolute atomic E-state index is 10.4. The fraction of sp³-hybridized carbons (Fsp3) is 0.565. The first-order valence-electron chi connectivity index (χ1n) is 13.4. The van der Waals surface area contributed by atoms with Crippen molar-refractivity contribution in [3.05, 3.63) is 12.7 Å². The zero-order chi connectivity index (χ0) is 30.4. The van der Waals surface area contributed by atoms with E-state index in [2.05, 4.69) is 40.5 Å². The second-order valence-electron chi connectivity index (χ2n) is 10.2. The largest absolute Gasteiger partial charge is 0.394 e. The summed E-state index contributed by atoms with van der Waals surface area (Å²) in [5.41, 5.74) is 13.1. The molecule has 6 rings (SSSR count). The van der Waals surface area contributed by atoms with Gasteiger partial charge in [-0.15, -0.1) is 0 Å². The molecule has 2 fully saturated rings. The molecule has 2 unspecified atom stereocenters. The first-order valence-corrected chi connectivity index (χ1v) is 13.4. The van der Waals surface area contributed by atoms with Crippen LogP contribution in [0.4, 0.5) is 23.5 Å². The van der Waals surface area contributed by atoms with E-state index in [0.717, 1.165) is 0 Å². The lowest BCUT2D eigenvalue weighted by Gasteiger charge is -2.17. The van der Waals surface area contributed by atoms with Crippen LogP contribution in [0, 0.1) is 0 Å². The molecule has 0 aromatic carbocycles. The van der Waals surface area contributed by atoms with Crippen molar-refractivity contribution < 1.29 is 40.1 Å². The lowest BCUT2D eigenvalue weighted by Crippen LogP contribution is -2.33. The Morgan fingerprint density at radius 3 is 1.47 bits per heavy atom. The van der Waals surface area contributed by atoms with Crippen molar-refractivity contribution in [2.45, 2.75) is 55.5 Å². The van der Waals surface area contributed by atoms with E-state index >= 15 is 0 Å². The molecule has 12 N–H and O–H groups in total.